The summed E-state index contributed by atoms with van der Waals surface area (Å²) in [6.45, 7) is 6.22. The largest absolute Gasteiger partial charge is 0.446 e. The van der Waals surface area contributed by atoms with Gasteiger partial charge in [-0.05, 0) is 44.9 Å². The molecule has 0 saturated carbocycles. The van der Waals surface area contributed by atoms with Crippen molar-refractivity contribution in [2.24, 2.45) is 0 Å². The van der Waals surface area contributed by atoms with Crippen LogP contribution in [0.15, 0.2) is 34.9 Å². The van der Waals surface area contributed by atoms with Crippen LogP contribution >= 0.6 is 0 Å². The predicted molar refractivity (Wildman–Crippen MR) is 117 cm³/mol. The summed E-state index contributed by atoms with van der Waals surface area (Å²) in [7, 11) is 0. The molecule has 0 atom stereocenters. The summed E-state index contributed by atoms with van der Waals surface area (Å²) in [5.41, 5.74) is -0.968. The quantitative estimate of drug-likeness (QED) is 0.408. The predicted octanol–water partition coefficient (Wildman–Crippen LogP) is 3.92. The van der Waals surface area contributed by atoms with Gasteiger partial charge in [0, 0.05) is 45.1 Å². The SMILES string of the molecule is CCOCCCNC(=O)c1coc(CN(CCCOCC)C(=O)c2cccc(C(F)(F)F)c2)n1. The molecular formula is C23H30F3N3O5. The number of alkyl halides is 3. The van der Waals surface area contributed by atoms with Crippen LogP contribution in [0.1, 0.15) is 59.0 Å². The van der Waals surface area contributed by atoms with Crippen molar-refractivity contribution in [2.45, 2.75) is 39.4 Å². The first-order valence-corrected chi connectivity index (χ1v) is 11.1. The lowest BCUT2D eigenvalue weighted by atomic mass is 10.1. The van der Waals surface area contributed by atoms with Gasteiger partial charge in [-0.25, -0.2) is 4.98 Å². The van der Waals surface area contributed by atoms with Crippen molar-refractivity contribution >= 4 is 11.8 Å². The van der Waals surface area contributed by atoms with Crippen molar-refractivity contribution < 1.29 is 36.7 Å². The van der Waals surface area contributed by atoms with Crippen LogP contribution in [0, 0.1) is 0 Å². The van der Waals surface area contributed by atoms with Gasteiger partial charge in [-0.15, -0.1) is 0 Å². The Bertz CT molecular complexity index is 917. The molecule has 1 N–H and O–H groups in total. The first-order valence-electron chi connectivity index (χ1n) is 11.1. The molecule has 1 heterocycles. The fourth-order valence-corrected chi connectivity index (χ4v) is 3.03. The molecule has 0 saturated heterocycles. The number of rotatable bonds is 14. The van der Waals surface area contributed by atoms with Gasteiger partial charge in [0.15, 0.2) is 5.69 Å². The van der Waals surface area contributed by atoms with Crippen LogP contribution < -0.4 is 5.32 Å². The molecule has 34 heavy (non-hydrogen) atoms. The van der Waals surface area contributed by atoms with E-state index in [0.29, 0.717) is 45.8 Å². The van der Waals surface area contributed by atoms with Crippen molar-refractivity contribution in [3.05, 3.63) is 53.2 Å². The Kier molecular flexibility index (Phi) is 11.0. The second-order valence-corrected chi connectivity index (χ2v) is 7.29. The summed E-state index contributed by atoms with van der Waals surface area (Å²) in [6, 6.07) is 4.23. The molecule has 0 bridgehead atoms. The molecule has 0 aliphatic rings. The molecule has 11 heteroatoms. The summed E-state index contributed by atoms with van der Waals surface area (Å²) in [6.07, 6.45) is -2.28. The number of halogens is 3. The van der Waals surface area contributed by atoms with E-state index in [1.165, 1.54) is 23.3 Å². The number of nitrogens with one attached hydrogen (secondary N) is 1. The number of carbonyl (C=O) groups is 2. The summed E-state index contributed by atoms with van der Waals surface area (Å²) >= 11 is 0. The minimum absolute atomic E-state index is 0.0483. The molecule has 0 aliphatic carbocycles. The molecule has 0 fully saturated rings. The Labute approximate surface area is 196 Å². The zero-order valence-corrected chi connectivity index (χ0v) is 19.3. The third kappa shape index (κ3) is 8.79. The number of ether oxygens (including phenoxy) is 2. The van der Waals surface area contributed by atoms with E-state index in [4.69, 9.17) is 13.9 Å². The molecule has 0 aliphatic heterocycles. The van der Waals surface area contributed by atoms with Crippen molar-refractivity contribution in [1.82, 2.24) is 15.2 Å². The van der Waals surface area contributed by atoms with Crippen molar-refractivity contribution in [2.75, 3.05) is 39.5 Å². The van der Waals surface area contributed by atoms with Gasteiger partial charge in [0.2, 0.25) is 5.89 Å². The topological polar surface area (TPSA) is 93.9 Å². The molecule has 0 spiro atoms. The minimum atomic E-state index is -4.57. The van der Waals surface area contributed by atoms with Gasteiger partial charge in [0.25, 0.3) is 11.8 Å². The number of hydrogen-bond donors (Lipinski definition) is 1. The van der Waals surface area contributed by atoms with Gasteiger partial charge >= 0.3 is 6.18 Å². The van der Waals surface area contributed by atoms with Crippen molar-refractivity contribution in [3.8, 4) is 0 Å². The lowest BCUT2D eigenvalue weighted by molar-refractivity contribution is -0.137. The van der Waals surface area contributed by atoms with Crippen LogP contribution in [0.2, 0.25) is 0 Å². The monoisotopic (exact) mass is 485 g/mol. The summed E-state index contributed by atoms with van der Waals surface area (Å²) < 4.78 is 55.1. The number of aromatic nitrogens is 1. The van der Waals surface area contributed by atoms with E-state index in [1.54, 1.807) is 0 Å². The van der Waals surface area contributed by atoms with E-state index in [0.717, 1.165) is 12.1 Å². The molecule has 1 aromatic carbocycles. The van der Waals surface area contributed by atoms with E-state index in [2.05, 4.69) is 10.3 Å². The Balaban J connectivity index is 2.08. The highest BCUT2D eigenvalue weighted by Crippen LogP contribution is 2.29. The Hall–Kier alpha value is -2.92. The number of nitrogens with zero attached hydrogens (tertiary/aromatic N) is 2. The van der Waals surface area contributed by atoms with Crippen LogP contribution in [0.3, 0.4) is 0 Å². The highest BCUT2D eigenvalue weighted by molar-refractivity contribution is 5.94. The van der Waals surface area contributed by atoms with Gasteiger partial charge in [-0.3, -0.25) is 9.59 Å². The molecule has 2 aromatic rings. The Morgan fingerprint density at radius 2 is 1.82 bits per heavy atom. The van der Waals surface area contributed by atoms with Crippen molar-refractivity contribution in [3.63, 3.8) is 0 Å². The van der Waals surface area contributed by atoms with Crippen molar-refractivity contribution in [1.29, 1.82) is 0 Å². The fourth-order valence-electron chi connectivity index (χ4n) is 3.03. The number of carbonyl (C=O) groups excluding carboxylic acids is 2. The van der Waals surface area contributed by atoms with Gasteiger partial charge < -0.3 is 24.1 Å². The zero-order chi connectivity index (χ0) is 25.0. The lowest BCUT2D eigenvalue weighted by Gasteiger charge is -2.22. The van der Waals surface area contributed by atoms with E-state index < -0.39 is 23.6 Å². The smallest absolute Gasteiger partial charge is 0.416 e. The first kappa shape index (κ1) is 27.3. The maximum atomic E-state index is 13.1. The van der Waals surface area contributed by atoms with Gasteiger partial charge in [-0.1, -0.05) is 6.07 Å². The average Bonchev–Trinajstić information content (AvgIpc) is 3.28. The van der Waals surface area contributed by atoms with E-state index >= 15 is 0 Å². The van der Waals surface area contributed by atoms with E-state index in [1.807, 2.05) is 13.8 Å². The number of hydrogen-bond acceptors (Lipinski definition) is 6. The average molecular weight is 486 g/mol. The highest BCUT2D eigenvalue weighted by Gasteiger charge is 2.31. The molecule has 2 amide bonds. The summed E-state index contributed by atoms with van der Waals surface area (Å²) in [4.78, 5) is 30.7. The third-order valence-corrected chi connectivity index (χ3v) is 4.71. The molecular weight excluding hydrogens is 455 g/mol. The standard InChI is InChI=1S/C23H30F3N3O5/c1-3-32-12-6-10-27-21(30)19-16-34-20(28-19)15-29(11-7-13-33-4-2)22(31)17-8-5-9-18(14-17)23(24,25)26/h5,8-9,14,16H,3-4,6-7,10-13,15H2,1-2H3,(H,27,30). The van der Waals surface area contributed by atoms with Crippen LogP contribution in [-0.4, -0.2) is 61.2 Å². The normalized spacial score (nSPS) is 11.4. The fraction of sp³-hybridized carbons (Fsp3) is 0.522. The molecule has 1 aromatic heterocycles. The summed E-state index contributed by atoms with van der Waals surface area (Å²) in [5.74, 6) is -0.947. The van der Waals surface area contributed by atoms with Gasteiger partial charge in [0.1, 0.15) is 6.26 Å². The highest BCUT2D eigenvalue weighted by atomic mass is 19.4. The first-order chi connectivity index (χ1) is 16.3. The second-order valence-electron chi connectivity index (χ2n) is 7.29. The number of benzene rings is 1. The van der Waals surface area contributed by atoms with Gasteiger partial charge in [0.05, 0.1) is 12.1 Å². The Morgan fingerprint density at radius 3 is 2.50 bits per heavy atom. The van der Waals surface area contributed by atoms with E-state index in [-0.39, 0.29) is 30.2 Å². The van der Waals surface area contributed by atoms with Gasteiger partial charge in [-0.2, -0.15) is 13.2 Å². The molecule has 188 valence electrons. The number of amides is 2. The molecule has 8 nitrogen and oxygen atoms in total. The zero-order valence-electron chi connectivity index (χ0n) is 19.3. The second kappa shape index (κ2) is 13.7. The van der Waals surface area contributed by atoms with Crippen LogP contribution in [0.25, 0.3) is 0 Å². The molecule has 0 unspecified atom stereocenters. The van der Waals surface area contributed by atoms with Crippen LogP contribution in [0.4, 0.5) is 13.2 Å². The number of oxazole rings is 1. The van der Waals surface area contributed by atoms with Crippen LogP contribution in [0.5, 0.6) is 0 Å². The lowest BCUT2D eigenvalue weighted by Crippen LogP contribution is -2.32. The minimum Gasteiger partial charge on any atom is -0.446 e. The van der Waals surface area contributed by atoms with Crippen LogP contribution in [-0.2, 0) is 22.2 Å². The third-order valence-electron chi connectivity index (χ3n) is 4.71. The maximum absolute atomic E-state index is 13.1. The molecule has 0 radical (unpaired) electrons. The molecule has 2 rings (SSSR count). The summed E-state index contributed by atoms with van der Waals surface area (Å²) in [5, 5.41) is 2.70. The Morgan fingerprint density at radius 1 is 1.12 bits per heavy atom. The maximum Gasteiger partial charge on any atom is 0.416 e. The van der Waals surface area contributed by atoms with E-state index in [9.17, 15) is 22.8 Å².